The summed E-state index contributed by atoms with van der Waals surface area (Å²) in [6.07, 6.45) is -0.0798. The predicted octanol–water partition coefficient (Wildman–Crippen LogP) is 1.97. The third-order valence-electron chi connectivity index (χ3n) is 8.59. The van der Waals surface area contributed by atoms with Gasteiger partial charge in [0.1, 0.15) is 30.5 Å². The monoisotopic (exact) mass is 448 g/mol. The van der Waals surface area contributed by atoms with Crippen LogP contribution in [0.15, 0.2) is 12.2 Å². The molecule has 8 heteroatoms. The minimum absolute atomic E-state index is 0.149. The number of carbonyl (C=O) groups is 4. The summed E-state index contributed by atoms with van der Waals surface area (Å²) in [5.41, 5.74) is -2.42. The van der Waals surface area contributed by atoms with E-state index in [1.165, 1.54) is 13.8 Å². The van der Waals surface area contributed by atoms with Gasteiger partial charge in [0, 0.05) is 25.7 Å². The fourth-order valence-electron chi connectivity index (χ4n) is 7.51. The van der Waals surface area contributed by atoms with Crippen LogP contribution in [0.2, 0.25) is 0 Å². The van der Waals surface area contributed by atoms with Gasteiger partial charge in [0.15, 0.2) is 0 Å². The lowest BCUT2D eigenvalue weighted by Gasteiger charge is -2.63. The molecule has 2 spiro atoms. The third kappa shape index (κ3) is 2.91. The predicted molar refractivity (Wildman–Crippen MR) is 111 cm³/mol. The van der Waals surface area contributed by atoms with Crippen LogP contribution in [0.1, 0.15) is 53.4 Å². The molecule has 176 valence electrons. The molecule has 1 aliphatic heterocycles. The van der Waals surface area contributed by atoms with Crippen molar-refractivity contribution in [3.05, 3.63) is 12.2 Å². The van der Waals surface area contributed by atoms with Crippen molar-refractivity contribution in [2.24, 2.45) is 34.0 Å². The van der Waals surface area contributed by atoms with E-state index < -0.39 is 64.3 Å². The highest BCUT2D eigenvalue weighted by molar-refractivity contribution is 5.83. The van der Waals surface area contributed by atoms with Gasteiger partial charge in [0.25, 0.3) is 0 Å². The van der Waals surface area contributed by atoms with Gasteiger partial charge in [-0.15, -0.1) is 0 Å². The van der Waals surface area contributed by atoms with Crippen LogP contribution in [0, 0.1) is 34.0 Å². The molecule has 0 aromatic heterocycles. The van der Waals surface area contributed by atoms with Crippen LogP contribution in [-0.2, 0) is 33.4 Å². The summed E-state index contributed by atoms with van der Waals surface area (Å²) >= 11 is 0. The van der Waals surface area contributed by atoms with E-state index in [9.17, 15) is 24.3 Å². The lowest BCUT2D eigenvalue weighted by molar-refractivity contribution is -0.266. The maximum atomic E-state index is 13.4. The summed E-state index contributed by atoms with van der Waals surface area (Å²) in [7, 11) is 0. The van der Waals surface area contributed by atoms with Crippen LogP contribution in [0.5, 0.6) is 0 Å². The summed E-state index contributed by atoms with van der Waals surface area (Å²) < 4.78 is 17.2. The maximum absolute atomic E-state index is 13.4. The summed E-state index contributed by atoms with van der Waals surface area (Å²) in [5.74, 6) is -3.29. The molecule has 0 aromatic rings. The van der Waals surface area contributed by atoms with Crippen LogP contribution < -0.4 is 0 Å². The molecule has 3 aliphatic carbocycles. The number of rotatable bonds is 3. The quantitative estimate of drug-likeness (QED) is 0.302. The van der Waals surface area contributed by atoms with E-state index in [2.05, 4.69) is 6.58 Å². The summed E-state index contributed by atoms with van der Waals surface area (Å²) in [4.78, 5) is 50.1. The van der Waals surface area contributed by atoms with Crippen molar-refractivity contribution < 1.29 is 38.5 Å². The van der Waals surface area contributed by atoms with Gasteiger partial charge in [-0.3, -0.25) is 14.4 Å². The average Bonchev–Trinajstić information content (AvgIpc) is 2.89. The number of ether oxygens (including phenoxy) is 3. The number of aldehydes is 1. The Labute approximate surface area is 187 Å². The highest BCUT2D eigenvalue weighted by Gasteiger charge is 2.77. The Kier molecular flexibility index (Phi) is 5.31. The molecule has 0 unspecified atom stereocenters. The molecule has 3 saturated carbocycles. The molecule has 0 amide bonds. The van der Waals surface area contributed by atoms with Gasteiger partial charge in [0.05, 0.1) is 11.5 Å². The van der Waals surface area contributed by atoms with E-state index in [0.29, 0.717) is 31.3 Å². The Morgan fingerprint density at radius 1 is 1.22 bits per heavy atom. The number of hydrogen-bond donors (Lipinski definition) is 1. The number of esters is 3. The minimum Gasteiger partial charge on any atom is -0.464 e. The molecule has 4 fully saturated rings. The van der Waals surface area contributed by atoms with Crippen molar-refractivity contribution in [3.8, 4) is 0 Å². The molecule has 1 heterocycles. The lowest BCUT2D eigenvalue weighted by atomic mass is 9.43. The molecular weight excluding hydrogens is 416 g/mol. The number of aliphatic hydroxyl groups excluding tert-OH is 1. The first-order chi connectivity index (χ1) is 14.9. The molecule has 0 aromatic carbocycles. The molecule has 4 aliphatic rings. The van der Waals surface area contributed by atoms with Crippen molar-refractivity contribution in [2.45, 2.75) is 71.7 Å². The zero-order valence-corrected chi connectivity index (χ0v) is 19.1. The molecule has 8 nitrogen and oxygen atoms in total. The molecule has 1 N–H and O–H groups in total. The van der Waals surface area contributed by atoms with Crippen molar-refractivity contribution in [1.29, 1.82) is 0 Å². The van der Waals surface area contributed by atoms with Crippen molar-refractivity contribution in [1.82, 2.24) is 0 Å². The Morgan fingerprint density at radius 2 is 1.88 bits per heavy atom. The fraction of sp³-hybridized carbons (Fsp3) is 0.750. The van der Waals surface area contributed by atoms with Gasteiger partial charge in [-0.2, -0.15) is 0 Å². The Morgan fingerprint density at radius 3 is 2.47 bits per heavy atom. The second kappa shape index (κ2) is 7.40. The van der Waals surface area contributed by atoms with Gasteiger partial charge >= 0.3 is 17.9 Å². The third-order valence-corrected chi connectivity index (χ3v) is 8.59. The molecule has 8 atom stereocenters. The van der Waals surface area contributed by atoms with E-state index >= 15 is 0 Å². The van der Waals surface area contributed by atoms with Crippen LogP contribution >= 0.6 is 0 Å². The van der Waals surface area contributed by atoms with E-state index in [-0.39, 0.29) is 12.5 Å². The van der Waals surface area contributed by atoms with E-state index in [0.717, 1.165) is 6.29 Å². The second-order valence-corrected chi connectivity index (χ2v) is 10.7. The fourth-order valence-corrected chi connectivity index (χ4v) is 7.51. The SMILES string of the molecule is C=C1[C@@H]2C[C@H](O)[C@@H]3[C@](C2)(C(=O)OC[C@]32[C@@H](OC(C)=O)CCC(C)(C)[C@H]2C=O)[C@@H]1OC(C)=O. The lowest BCUT2D eigenvalue weighted by Crippen LogP contribution is -2.71. The van der Waals surface area contributed by atoms with Crippen molar-refractivity contribution in [2.75, 3.05) is 6.61 Å². The Balaban J connectivity index is 1.96. The first kappa shape index (κ1) is 23.0. The smallest absolute Gasteiger partial charge is 0.316 e. The largest absolute Gasteiger partial charge is 0.464 e. The number of hydrogen-bond acceptors (Lipinski definition) is 8. The topological polar surface area (TPSA) is 116 Å². The second-order valence-electron chi connectivity index (χ2n) is 10.7. The first-order valence-electron chi connectivity index (χ1n) is 11.3. The average molecular weight is 449 g/mol. The molecule has 4 rings (SSSR count). The van der Waals surface area contributed by atoms with Crippen molar-refractivity contribution >= 4 is 24.2 Å². The summed E-state index contributed by atoms with van der Waals surface area (Å²) in [6, 6.07) is 0. The van der Waals surface area contributed by atoms with E-state index in [1.54, 1.807) is 0 Å². The zero-order chi connectivity index (χ0) is 23.6. The van der Waals surface area contributed by atoms with Gasteiger partial charge in [-0.25, -0.2) is 0 Å². The number of aliphatic hydroxyl groups is 1. The van der Waals surface area contributed by atoms with Crippen LogP contribution in [-0.4, -0.2) is 54.2 Å². The van der Waals surface area contributed by atoms with Crippen LogP contribution in [0.25, 0.3) is 0 Å². The first-order valence-corrected chi connectivity index (χ1v) is 11.3. The van der Waals surface area contributed by atoms with Crippen LogP contribution in [0.3, 0.4) is 0 Å². The van der Waals surface area contributed by atoms with Gasteiger partial charge in [-0.05, 0) is 42.6 Å². The normalized spacial score (nSPS) is 44.4. The van der Waals surface area contributed by atoms with E-state index in [1.807, 2.05) is 13.8 Å². The standard InChI is InChI=1S/C24H32O8/c1-12-15-8-16(28)19-23(9-15,20(12)32-14(3)27)21(29)30-11-24(19)17(10-25)22(4,5)7-6-18(24)31-13(2)26/h10,15-20,28H,1,6-9,11H2,2-5H3/t15-,16+,17-,18+,19-,20-,23+,24+/m1/s1. The van der Waals surface area contributed by atoms with Gasteiger partial charge < -0.3 is 24.1 Å². The van der Waals surface area contributed by atoms with E-state index in [4.69, 9.17) is 14.2 Å². The zero-order valence-electron chi connectivity index (χ0n) is 19.1. The molecule has 2 bridgehead atoms. The maximum Gasteiger partial charge on any atom is 0.316 e. The highest BCUT2D eigenvalue weighted by Crippen LogP contribution is 2.69. The number of carbonyl (C=O) groups excluding carboxylic acids is 4. The Bertz CT molecular complexity index is 877. The molecular formula is C24H32O8. The molecule has 1 saturated heterocycles. The number of cyclic esters (lactones) is 1. The summed E-state index contributed by atoms with van der Waals surface area (Å²) in [6.45, 7) is 10.5. The van der Waals surface area contributed by atoms with Crippen LogP contribution in [0.4, 0.5) is 0 Å². The van der Waals surface area contributed by atoms with Gasteiger partial charge in [-0.1, -0.05) is 20.4 Å². The molecule has 0 radical (unpaired) electrons. The van der Waals surface area contributed by atoms with Gasteiger partial charge in [0.2, 0.25) is 0 Å². The highest BCUT2D eigenvalue weighted by atomic mass is 16.6. The minimum atomic E-state index is -1.38. The summed E-state index contributed by atoms with van der Waals surface area (Å²) in [5, 5.41) is 11.5. The number of fused-ring (bicyclic) bond motifs is 2. The molecule has 32 heavy (non-hydrogen) atoms. The van der Waals surface area contributed by atoms with Crippen molar-refractivity contribution in [3.63, 3.8) is 0 Å². The Hall–Kier alpha value is -2.22.